The zero-order valence-electron chi connectivity index (χ0n) is 22.5. The number of non-ortho nitro benzene ring substituents is 1. The molecule has 0 saturated carbocycles. The first-order valence-corrected chi connectivity index (χ1v) is 14.0. The van der Waals surface area contributed by atoms with Crippen LogP contribution in [-0.2, 0) is 4.79 Å². The van der Waals surface area contributed by atoms with E-state index in [0.717, 1.165) is 20.4 Å². The Kier molecular flexibility index (Phi) is 6.59. The monoisotopic (exact) mass is 602 g/mol. The first-order valence-electron chi connectivity index (χ1n) is 13.2. The molecule has 1 aromatic heterocycles. The van der Waals surface area contributed by atoms with E-state index in [1.807, 2.05) is 30.3 Å². The molecule has 3 heterocycles. The van der Waals surface area contributed by atoms with E-state index in [2.05, 4.69) is 9.97 Å². The fourth-order valence-electron chi connectivity index (χ4n) is 4.88. The maximum atomic E-state index is 13.0. The van der Waals surface area contributed by atoms with E-state index in [0.29, 0.717) is 22.6 Å². The quantitative estimate of drug-likeness (QED) is 0.0939. The molecule has 0 radical (unpaired) electrons. The number of benzene rings is 4. The summed E-state index contributed by atoms with van der Waals surface area (Å²) >= 11 is 1.53. The van der Waals surface area contributed by atoms with Gasteiger partial charge < -0.3 is 9.47 Å². The van der Waals surface area contributed by atoms with Crippen LogP contribution in [-0.4, -0.2) is 44.1 Å². The van der Waals surface area contributed by atoms with E-state index in [1.165, 1.54) is 42.1 Å². The summed E-state index contributed by atoms with van der Waals surface area (Å²) < 4.78 is 11.5. The van der Waals surface area contributed by atoms with Crippen molar-refractivity contribution in [3.63, 3.8) is 0 Å². The van der Waals surface area contributed by atoms with Gasteiger partial charge in [-0.15, -0.1) is 0 Å². The Morgan fingerprint density at radius 1 is 0.795 bits per heavy atom. The molecule has 2 amide bonds. The minimum atomic E-state index is -0.937. The van der Waals surface area contributed by atoms with Gasteiger partial charge in [-0.25, -0.2) is 4.79 Å². The van der Waals surface area contributed by atoms with Crippen LogP contribution in [0.2, 0.25) is 0 Å². The number of nitro groups is 1. The predicted octanol–water partition coefficient (Wildman–Crippen LogP) is 6.18. The second-order valence-corrected chi connectivity index (χ2v) is 10.8. The van der Waals surface area contributed by atoms with Crippen molar-refractivity contribution in [3.05, 3.63) is 118 Å². The summed E-state index contributed by atoms with van der Waals surface area (Å²) in [6.07, 6.45) is 0. The van der Waals surface area contributed by atoms with Crippen LogP contribution in [0, 0.1) is 10.1 Å². The topological polar surface area (TPSA) is 142 Å². The number of nitrogens with zero attached hydrogens (tertiary/aromatic N) is 4. The van der Waals surface area contributed by atoms with Gasteiger partial charge in [-0.3, -0.25) is 24.6 Å². The Balaban J connectivity index is 1.23. The molecule has 2 aliphatic heterocycles. The summed E-state index contributed by atoms with van der Waals surface area (Å²) in [7, 11) is 0. The average molecular weight is 603 g/mol. The number of ether oxygens (including phenoxy) is 2. The van der Waals surface area contributed by atoms with Crippen LogP contribution < -0.4 is 9.47 Å². The van der Waals surface area contributed by atoms with E-state index < -0.39 is 29.3 Å². The number of carbonyl (C=O) groups excluding carboxylic acids is 3. The zero-order valence-corrected chi connectivity index (χ0v) is 23.3. The number of nitro benzene ring substituents is 1. The van der Waals surface area contributed by atoms with Crippen LogP contribution in [0.25, 0.3) is 22.5 Å². The van der Waals surface area contributed by atoms with Crippen LogP contribution >= 0.6 is 11.8 Å². The number of hydrogen-bond acceptors (Lipinski definition) is 10. The van der Waals surface area contributed by atoms with Crippen LogP contribution in [0.15, 0.2) is 107 Å². The van der Waals surface area contributed by atoms with Crippen molar-refractivity contribution in [2.75, 3.05) is 6.54 Å². The van der Waals surface area contributed by atoms with Crippen LogP contribution in [0.4, 0.5) is 5.69 Å². The third-order valence-corrected chi connectivity index (χ3v) is 8.05. The van der Waals surface area contributed by atoms with Gasteiger partial charge in [0.15, 0.2) is 0 Å². The minimum Gasteiger partial charge on any atom is -0.455 e. The van der Waals surface area contributed by atoms with Gasteiger partial charge in [0.2, 0.25) is 0 Å². The predicted molar refractivity (Wildman–Crippen MR) is 158 cm³/mol. The third-order valence-electron chi connectivity index (χ3n) is 6.96. The Morgan fingerprint density at radius 3 is 2.18 bits per heavy atom. The van der Waals surface area contributed by atoms with Crippen LogP contribution in [0.5, 0.6) is 17.5 Å². The molecule has 5 aromatic rings. The molecule has 0 unspecified atom stereocenters. The number of para-hydroxylation sites is 1. The van der Waals surface area contributed by atoms with Gasteiger partial charge in [-0.05, 0) is 48.5 Å². The number of esters is 1. The summed E-state index contributed by atoms with van der Waals surface area (Å²) in [6, 6.07) is 26.5. The molecule has 0 atom stereocenters. The molecule has 11 nitrogen and oxygen atoms in total. The lowest BCUT2D eigenvalue weighted by Crippen LogP contribution is -2.36. The molecule has 0 spiro atoms. The average Bonchev–Trinajstić information content (AvgIpc) is 3.28. The summed E-state index contributed by atoms with van der Waals surface area (Å²) in [5.74, 6) is -0.736. The van der Waals surface area contributed by atoms with E-state index in [9.17, 15) is 24.5 Å². The van der Waals surface area contributed by atoms with Crippen molar-refractivity contribution in [2.45, 2.75) is 9.79 Å². The smallest absolute Gasteiger partial charge is 0.334 e. The molecule has 2 aliphatic rings. The van der Waals surface area contributed by atoms with Crippen molar-refractivity contribution in [1.82, 2.24) is 14.9 Å². The summed E-state index contributed by atoms with van der Waals surface area (Å²) in [5.41, 5.74) is 1.92. The fourth-order valence-corrected chi connectivity index (χ4v) is 5.87. The largest absolute Gasteiger partial charge is 0.455 e. The maximum absolute atomic E-state index is 13.0. The van der Waals surface area contributed by atoms with E-state index in [1.54, 1.807) is 36.4 Å². The van der Waals surface area contributed by atoms with Gasteiger partial charge in [-0.1, -0.05) is 48.2 Å². The van der Waals surface area contributed by atoms with Crippen molar-refractivity contribution >= 4 is 35.2 Å². The number of fused-ring (bicyclic) bond motifs is 3. The lowest BCUT2D eigenvalue weighted by Gasteiger charge is -2.20. The molecule has 4 aromatic carbocycles. The van der Waals surface area contributed by atoms with E-state index in [-0.39, 0.29) is 28.5 Å². The minimum absolute atomic E-state index is 0.146. The molecule has 0 saturated heterocycles. The molecular weight excluding hydrogens is 584 g/mol. The number of imide groups is 1. The second kappa shape index (κ2) is 10.7. The Bertz CT molecular complexity index is 2010. The van der Waals surface area contributed by atoms with Crippen LogP contribution in [0.3, 0.4) is 0 Å². The Labute approximate surface area is 253 Å². The zero-order chi connectivity index (χ0) is 30.4. The second-order valence-electron chi connectivity index (χ2n) is 9.76. The normalized spacial score (nSPS) is 13.0. The first kappa shape index (κ1) is 27.0. The summed E-state index contributed by atoms with van der Waals surface area (Å²) in [4.78, 5) is 60.8. The molecule has 0 fully saturated rings. The number of carbonyl (C=O) groups is 3. The molecule has 214 valence electrons. The highest BCUT2D eigenvalue weighted by Crippen LogP contribution is 2.48. The molecule has 7 rings (SSSR count). The van der Waals surface area contributed by atoms with Crippen molar-refractivity contribution in [3.8, 4) is 40.0 Å². The van der Waals surface area contributed by atoms with Gasteiger partial charge in [0.25, 0.3) is 17.5 Å². The Morgan fingerprint density at radius 2 is 1.45 bits per heavy atom. The molecule has 0 N–H and O–H groups in total. The molecule has 44 heavy (non-hydrogen) atoms. The highest BCUT2D eigenvalue weighted by molar-refractivity contribution is 7.99. The maximum Gasteiger partial charge on any atom is 0.334 e. The van der Waals surface area contributed by atoms with Gasteiger partial charge in [0, 0.05) is 23.3 Å². The number of hydrogen-bond donors (Lipinski definition) is 0. The lowest BCUT2D eigenvalue weighted by atomic mass is 10.1. The number of rotatable bonds is 6. The van der Waals surface area contributed by atoms with Gasteiger partial charge >= 0.3 is 12.0 Å². The summed E-state index contributed by atoms with van der Waals surface area (Å²) in [6.45, 7) is -0.654. The van der Waals surface area contributed by atoms with E-state index in [4.69, 9.17) is 9.47 Å². The standard InChI is InChI=1S/C32H18N4O7S/c37-29(17-35-30(38)21-8-1-2-9-22(21)31(35)39)43-32-33-23(18-6-5-7-20(14-18)36(40)41)16-24(34-32)19-12-13-26-28(15-19)44-27-11-4-3-10-25(27)42-26/h1-16H,17H2. The Hall–Kier alpha value is -5.88. The highest BCUT2D eigenvalue weighted by Gasteiger charge is 2.37. The molecule has 0 bridgehead atoms. The molecule has 0 aliphatic carbocycles. The molecular formula is C32H18N4O7S. The summed E-state index contributed by atoms with van der Waals surface area (Å²) in [5, 5.41) is 11.4. The lowest BCUT2D eigenvalue weighted by molar-refractivity contribution is -0.384. The van der Waals surface area contributed by atoms with Gasteiger partial charge in [0.05, 0.1) is 37.2 Å². The van der Waals surface area contributed by atoms with Gasteiger partial charge in [0.1, 0.15) is 18.0 Å². The van der Waals surface area contributed by atoms with Crippen LogP contribution in [0.1, 0.15) is 20.7 Å². The van der Waals surface area contributed by atoms with Crippen molar-refractivity contribution in [2.24, 2.45) is 0 Å². The number of amides is 2. The highest BCUT2D eigenvalue weighted by atomic mass is 32.2. The van der Waals surface area contributed by atoms with Gasteiger partial charge in [-0.2, -0.15) is 9.97 Å². The molecule has 12 heteroatoms. The third kappa shape index (κ3) is 4.92. The van der Waals surface area contributed by atoms with Crippen molar-refractivity contribution < 1.29 is 28.8 Å². The number of aromatic nitrogens is 2. The van der Waals surface area contributed by atoms with E-state index >= 15 is 0 Å². The SMILES string of the molecule is O=C(CN1C(=O)c2ccccc2C1=O)Oc1nc(-c2cccc([N+](=O)[O-])c2)cc(-c2ccc3c(c2)Sc2ccccc2O3)n1. The fraction of sp³-hybridized carbons (Fsp3) is 0.0312. The van der Waals surface area contributed by atoms with Crippen molar-refractivity contribution in [1.29, 1.82) is 0 Å². The first-order chi connectivity index (χ1) is 21.3.